The summed E-state index contributed by atoms with van der Waals surface area (Å²) in [6, 6.07) is 12.9. The van der Waals surface area contributed by atoms with Crippen LogP contribution in [0.25, 0.3) is 33.7 Å². The van der Waals surface area contributed by atoms with Gasteiger partial charge in [0.1, 0.15) is 5.82 Å². The predicted molar refractivity (Wildman–Crippen MR) is 114 cm³/mol. The maximum Gasteiger partial charge on any atom is 0.586 e. The predicted octanol–water partition coefficient (Wildman–Crippen LogP) is 4.09. The number of ether oxygens (including phenoxy) is 2. The van der Waals surface area contributed by atoms with Crippen LogP contribution in [-0.4, -0.2) is 30.8 Å². The second-order valence-corrected chi connectivity index (χ2v) is 7.39. The normalized spacial score (nSPS) is 14.0. The van der Waals surface area contributed by atoms with Gasteiger partial charge < -0.3 is 9.47 Å². The van der Waals surface area contributed by atoms with Crippen molar-refractivity contribution in [3.63, 3.8) is 0 Å². The van der Waals surface area contributed by atoms with Gasteiger partial charge in [0.15, 0.2) is 17.2 Å². The number of aromatic nitrogens is 5. The van der Waals surface area contributed by atoms with Crippen LogP contribution >= 0.6 is 0 Å². The molecule has 8 nitrogen and oxygen atoms in total. The van der Waals surface area contributed by atoms with Crippen LogP contribution in [0, 0.1) is 5.82 Å². The molecule has 6 rings (SSSR count). The Morgan fingerprint density at radius 3 is 2.65 bits per heavy atom. The van der Waals surface area contributed by atoms with Crippen molar-refractivity contribution in [3.8, 4) is 34.3 Å². The minimum atomic E-state index is -3.75. The van der Waals surface area contributed by atoms with E-state index in [1.807, 2.05) is 0 Å². The summed E-state index contributed by atoms with van der Waals surface area (Å²) in [5, 5.41) is 9.21. The monoisotopic (exact) mass is 463 g/mol. The van der Waals surface area contributed by atoms with Gasteiger partial charge in [-0.25, -0.2) is 13.8 Å². The molecule has 1 aliphatic rings. The standard InChI is InChI=1S/C23H12F3N5O3/c24-13-1-3-16-15(11-13)17(5-8-27-16)31-18(6-9-28-31)22-19(32)7-10-30(29-22)14-2-4-20-21(12-14)34-23(25,26)33-20/h1-12H. The molecule has 0 aliphatic carbocycles. The number of alkyl halides is 2. The molecule has 11 heteroatoms. The second kappa shape index (κ2) is 7.17. The Morgan fingerprint density at radius 2 is 1.76 bits per heavy atom. The molecule has 3 aromatic heterocycles. The van der Waals surface area contributed by atoms with Crippen molar-refractivity contribution in [1.82, 2.24) is 24.5 Å². The van der Waals surface area contributed by atoms with Crippen LogP contribution in [0.5, 0.6) is 11.5 Å². The van der Waals surface area contributed by atoms with Crippen molar-refractivity contribution in [2.75, 3.05) is 0 Å². The van der Waals surface area contributed by atoms with Gasteiger partial charge in [-0.2, -0.15) is 10.2 Å². The second-order valence-electron chi connectivity index (χ2n) is 7.39. The maximum atomic E-state index is 13.9. The topological polar surface area (TPSA) is 84.1 Å². The molecule has 0 spiro atoms. The number of rotatable bonds is 3. The zero-order valence-electron chi connectivity index (χ0n) is 17.0. The van der Waals surface area contributed by atoms with Gasteiger partial charge >= 0.3 is 6.29 Å². The summed E-state index contributed by atoms with van der Waals surface area (Å²) in [6.07, 6.45) is 0.698. The van der Waals surface area contributed by atoms with Gasteiger partial charge in [-0.05, 0) is 42.5 Å². The van der Waals surface area contributed by atoms with Crippen LogP contribution in [-0.2, 0) is 0 Å². The Morgan fingerprint density at radius 1 is 0.912 bits per heavy atom. The molecule has 0 atom stereocenters. The Bertz CT molecular complexity index is 1650. The minimum absolute atomic E-state index is 0.0457. The molecular formula is C23H12F3N5O3. The van der Waals surface area contributed by atoms with E-state index < -0.39 is 17.5 Å². The molecule has 34 heavy (non-hydrogen) atoms. The van der Waals surface area contributed by atoms with Gasteiger partial charge in [0, 0.05) is 29.9 Å². The van der Waals surface area contributed by atoms with E-state index in [0.717, 1.165) is 0 Å². The van der Waals surface area contributed by atoms with Crippen molar-refractivity contribution in [3.05, 3.63) is 89.2 Å². The third-order valence-electron chi connectivity index (χ3n) is 5.25. The van der Waals surface area contributed by atoms with Crippen molar-refractivity contribution >= 4 is 10.9 Å². The fourth-order valence-corrected chi connectivity index (χ4v) is 3.77. The Balaban J connectivity index is 1.47. The molecular weight excluding hydrogens is 451 g/mol. The van der Waals surface area contributed by atoms with Crippen molar-refractivity contribution in [2.45, 2.75) is 6.29 Å². The molecule has 4 heterocycles. The van der Waals surface area contributed by atoms with Crippen LogP contribution in [0.2, 0.25) is 0 Å². The molecule has 0 bridgehead atoms. The summed E-state index contributed by atoms with van der Waals surface area (Å²) in [4.78, 5) is 17.0. The molecule has 0 N–H and O–H groups in total. The first kappa shape index (κ1) is 20.0. The maximum absolute atomic E-state index is 13.9. The molecule has 2 aromatic carbocycles. The van der Waals surface area contributed by atoms with E-state index in [2.05, 4.69) is 24.7 Å². The molecule has 5 aromatic rings. The highest BCUT2D eigenvalue weighted by Crippen LogP contribution is 2.41. The highest BCUT2D eigenvalue weighted by molar-refractivity contribution is 5.87. The van der Waals surface area contributed by atoms with Gasteiger partial charge in [-0.3, -0.25) is 9.78 Å². The quantitative estimate of drug-likeness (QED) is 0.401. The number of nitrogens with zero attached hydrogens (tertiary/aromatic N) is 5. The average molecular weight is 463 g/mol. The highest BCUT2D eigenvalue weighted by atomic mass is 19.3. The van der Waals surface area contributed by atoms with Gasteiger partial charge in [0.2, 0.25) is 5.43 Å². The number of hydrogen-bond donors (Lipinski definition) is 0. The van der Waals surface area contributed by atoms with Crippen molar-refractivity contribution < 1.29 is 22.6 Å². The van der Waals surface area contributed by atoms with E-state index >= 15 is 0 Å². The van der Waals surface area contributed by atoms with Crippen LogP contribution in [0.1, 0.15) is 0 Å². The first-order chi connectivity index (χ1) is 16.4. The van der Waals surface area contributed by atoms with Crippen LogP contribution in [0.4, 0.5) is 13.2 Å². The summed E-state index contributed by atoms with van der Waals surface area (Å²) in [5.41, 5.74) is 1.42. The minimum Gasteiger partial charge on any atom is -0.395 e. The number of pyridine rings is 1. The zero-order chi connectivity index (χ0) is 23.4. The summed E-state index contributed by atoms with van der Waals surface area (Å²) in [5.74, 6) is -0.700. The number of fused-ring (bicyclic) bond motifs is 2. The Labute approximate surface area is 188 Å². The number of benzene rings is 2. The lowest BCUT2D eigenvalue weighted by atomic mass is 10.1. The molecule has 0 radical (unpaired) electrons. The lowest BCUT2D eigenvalue weighted by Crippen LogP contribution is -2.25. The molecule has 0 saturated heterocycles. The van der Waals surface area contributed by atoms with E-state index in [1.165, 1.54) is 58.2 Å². The van der Waals surface area contributed by atoms with Gasteiger partial charge in [-0.15, -0.1) is 8.78 Å². The summed E-state index contributed by atoms with van der Waals surface area (Å²) >= 11 is 0. The summed E-state index contributed by atoms with van der Waals surface area (Å²) in [6.45, 7) is 0. The third-order valence-corrected chi connectivity index (χ3v) is 5.25. The first-order valence-electron chi connectivity index (χ1n) is 9.97. The largest absolute Gasteiger partial charge is 0.586 e. The zero-order valence-corrected chi connectivity index (χ0v) is 17.0. The van der Waals surface area contributed by atoms with Crippen molar-refractivity contribution in [1.29, 1.82) is 0 Å². The SMILES string of the molecule is O=c1ccn(-c2ccc3c(c2)OC(F)(F)O3)nc1-c1ccnn1-c1ccnc2ccc(F)cc12. The molecule has 0 saturated carbocycles. The lowest BCUT2D eigenvalue weighted by Gasteiger charge is -2.11. The van der Waals surface area contributed by atoms with E-state index in [0.29, 0.717) is 28.0 Å². The Kier molecular flexibility index (Phi) is 4.21. The third kappa shape index (κ3) is 3.25. The van der Waals surface area contributed by atoms with E-state index in [9.17, 15) is 18.0 Å². The lowest BCUT2D eigenvalue weighted by molar-refractivity contribution is -0.286. The van der Waals surface area contributed by atoms with Gasteiger partial charge in [0.25, 0.3) is 0 Å². The highest BCUT2D eigenvalue weighted by Gasteiger charge is 2.43. The van der Waals surface area contributed by atoms with Crippen molar-refractivity contribution in [2.24, 2.45) is 0 Å². The average Bonchev–Trinajstić information content (AvgIpc) is 3.41. The molecule has 1 aliphatic heterocycles. The molecule has 168 valence electrons. The summed E-state index contributed by atoms with van der Waals surface area (Å²) in [7, 11) is 0. The molecule has 0 fully saturated rings. The smallest absolute Gasteiger partial charge is 0.395 e. The Hall–Kier alpha value is -4.67. The molecule has 0 amide bonds. The summed E-state index contributed by atoms with van der Waals surface area (Å²) < 4.78 is 52.4. The first-order valence-corrected chi connectivity index (χ1v) is 9.97. The van der Waals surface area contributed by atoms with Crippen LogP contribution in [0.15, 0.2) is 78.0 Å². The van der Waals surface area contributed by atoms with Gasteiger partial charge in [-0.1, -0.05) is 0 Å². The number of halogens is 3. The number of hydrogen-bond acceptors (Lipinski definition) is 6. The fourth-order valence-electron chi connectivity index (χ4n) is 3.77. The van der Waals surface area contributed by atoms with E-state index in [-0.39, 0.29) is 17.2 Å². The van der Waals surface area contributed by atoms with Gasteiger partial charge in [0.05, 0.1) is 28.8 Å². The van der Waals surface area contributed by atoms with Crippen LogP contribution in [0.3, 0.4) is 0 Å². The molecule has 0 unspecified atom stereocenters. The van der Waals surface area contributed by atoms with E-state index in [4.69, 9.17) is 0 Å². The fraction of sp³-hybridized carbons (Fsp3) is 0.0435. The van der Waals surface area contributed by atoms with Crippen LogP contribution < -0.4 is 14.9 Å². The van der Waals surface area contributed by atoms with E-state index in [1.54, 1.807) is 24.4 Å².